The van der Waals surface area contributed by atoms with Crippen LogP contribution in [0.1, 0.15) is 50.7 Å². The van der Waals surface area contributed by atoms with Crippen LogP contribution in [0.5, 0.6) is 5.75 Å². The van der Waals surface area contributed by atoms with E-state index in [2.05, 4.69) is 12.2 Å². The van der Waals surface area contributed by atoms with Gasteiger partial charge in [-0.25, -0.2) is 0 Å². The summed E-state index contributed by atoms with van der Waals surface area (Å²) < 4.78 is 5.69. The van der Waals surface area contributed by atoms with Gasteiger partial charge in [-0.1, -0.05) is 49.2 Å². The summed E-state index contributed by atoms with van der Waals surface area (Å²) in [7, 11) is 0. The van der Waals surface area contributed by atoms with Gasteiger partial charge >= 0.3 is 0 Å². The summed E-state index contributed by atoms with van der Waals surface area (Å²) in [6, 6.07) is 14.5. The molecule has 0 spiro atoms. The van der Waals surface area contributed by atoms with Gasteiger partial charge in [0.25, 0.3) is 0 Å². The maximum Gasteiger partial charge on any atom is 0.242 e. The number of hydrogen-bond donors (Lipinski definition) is 1. The van der Waals surface area contributed by atoms with Gasteiger partial charge < -0.3 is 15.0 Å². The highest BCUT2D eigenvalue weighted by Crippen LogP contribution is 2.17. The molecule has 0 aliphatic heterocycles. The molecule has 2 aromatic rings. The molecule has 31 heavy (non-hydrogen) atoms. The van der Waals surface area contributed by atoms with Crippen LogP contribution in [-0.4, -0.2) is 35.9 Å². The molecule has 168 valence electrons. The lowest BCUT2D eigenvalue weighted by Gasteiger charge is -2.29. The maximum atomic E-state index is 13.1. The van der Waals surface area contributed by atoms with Crippen molar-refractivity contribution in [3.63, 3.8) is 0 Å². The summed E-state index contributed by atoms with van der Waals surface area (Å²) in [6.45, 7) is 7.34. The topological polar surface area (TPSA) is 58.6 Å². The van der Waals surface area contributed by atoms with Crippen molar-refractivity contribution < 1.29 is 14.3 Å². The zero-order valence-corrected chi connectivity index (χ0v) is 19.5. The summed E-state index contributed by atoms with van der Waals surface area (Å²) in [5, 5.41) is 3.60. The van der Waals surface area contributed by atoms with E-state index < -0.39 is 6.04 Å². The fraction of sp³-hybridized carbons (Fsp3) is 0.440. The first kappa shape index (κ1) is 24.7. The Balaban J connectivity index is 1.98. The van der Waals surface area contributed by atoms with Crippen molar-refractivity contribution in [2.45, 2.75) is 59.0 Å². The maximum absolute atomic E-state index is 13.1. The van der Waals surface area contributed by atoms with Gasteiger partial charge in [0, 0.05) is 24.5 Å². The first-order chi connectivity index (χ1) is 14.9. The van der Waals surface area contributed by atoms with Crippen LogP contribution in [0.15, 0.2) is 48.5 Å². The quantitative estimate of drug-likeness (QED) is 0.461. The predicted molar refractivity (Wildman–Crippen MR) is 125 cm³/mol. The molecule has 0 radical (unpaired) electrons. The van der Waals surface area contributed by atoms with Crippen LogP contribution in [0.4, 0.5) is 0 Å². The molecular formula is C25H33ClN2O3. The summed E-state index contributed by atoms with van der Waals surface area (Å²) in [5.74, 6) is 0.547. The molecule has 0 fully saturated rings. The van der Waals surface area contributed by atoms with E-state index in [0.717, 1.165) is 29.7 Å². The molecule has 0 saturated heterocycles. The zero-order chi connectivity index (χ0) is 22.6. The zero-order valence-electron chi connectivity index (χ0n) is 18.7. The highest BCUT2D eigenvalue weighted by atomic mass is 35.5. The molecule has 0 aliphatic rings. The smallest absolute Gasteiger partial charge is 0.242 e. The average molecular weight is 445 g/mol. The number of nitrogens with one attached hydrogen (secondary N) is 1. The second-order valence-corrected chi connectivity index (χ2v) is 8.11. The molecule has 0 heterocycles. The number of ether oxygens (including phenoxy) is 1. The minimum Gasteiger partial charge on any atom is -0.494 e. The van der Waals surface area contributed by atoms with Crippen molar-refractivity contribution in [3.05, 3.63) is 64.7 Å². The molecule has 0 unspecified atom stereocenters. The third kappa shape index (κ3) is 8.25. The second-order valence-electron chi connectivity index (χ2n) is 7.67. The molecule has 2 rings (SSSR count). The predicted octanol–water partition coefficient (Wildman–Crippen LogP) is 5.14. The van der Waals surface area contributed by atoms with Crippen molar-refractivity contribution in [2.75, 3.05) is 13.2 Å². The molecule has 0 bridgehead atoms. The molecule has 1 N–H and O–H groups in total. The van der Waals surface area contributed by atoms with Crippen molar-refractivity contribution in [3.8, 4) is 5.75 Å². The van der Waals surface area contributed by atoms with Gasteiger partial charge in [0.1, 0.15) is 11.8 Å². The summed E-state index contributed by atoms with van der Waals surface area (Å²) in [4.78, 5) is 27.4. The van der Waals surface area contributed by atoms with Crippen LogP contribution in [-0.2, 0) is 16.1 Å². The number of halogens is 1. The number of amides is 2. The van der Waals surface area contributed by atoms with Gasteiger partial charge in [-0.2, -0.15) is 0 Å². The van der Waals surface area contributed by atoms with E-state index in [0.29, 0.717) is 37.6 Å². The second kappa shape index (κ2) is 13.0. The Bertz CT molecular complexity index is 839. The summed E-state index contributed by atoms with van der Waals surface area (Å²) in [5.41, 5.74) is 2.14. The van der Waals surface area contributed by atoms with Crippen LogP contribution >= 0.6 is 11.6 Å². The van der Waals surface area contributed by atoms with Crippen LogP contribution in [0, 0.1) is 6.92 Å². The number of nitrogens with zero attached hydrogens (tertiary/aromatic N) is 1. The molecule has 5 nitrogen and oxygen atoms in total. The highest BCUT2D eigenvalue weighted by molar-refractivity contribution is 6.30. The number of aryl methyl sites for hydroxylation is 1. The van der Waals surface area contributed by atoms with E-state index in [1.165, 1.54) is 0 Å². The van der Waals surface area contributed by atoms with Crippen molar-refractivity contribution in [1.82, 2.24) is 10.2 Å². The van der Waals surface area contributed by atoms with E-state index in [4.69, 9.17) is 16.3 Å². The SMILES string of the molecule is CCCCNC(=O)[C@H](C)N(Cc1ccccc1C)C(=O)CCCOc1ccc(Cl)cc1. The third-order valence-corrected chi connectivity index (χ3v) is 5.47. The Labute approximate surface area is 190 Å². The standard InChI is InChI=1S/C25H33ClN2O3/c1-4-5-16-27-25(30)20(3)28(18-21-10-7-6-9-19(21)2)24(29)11-8-17-31-23-14-12-22(26)13-15-23/h6-7,9-10,12-15,20H,4-5,8,11,16-18H2,1-3H3,(H,27,30)/t20-/m0/s1. The van der Waals surface area contributed by atoms with Gasteiger partial charge in [0.05, 0.1) is 6.61 Å². The molecule has 0 aliphatic carbocycles. The van der Waals surface area contributed by atoms with E-state index in [9.17, 15) is 9.59 Å². The number of benzene rings is 2. The lowest BCUT2D eigenvalue weighted by Crippen LogP contribution is -2.47. The van der Waals surface area contributed by atoms with E-state index in [-0.39, 0.29) is 11.8 Å². The van der Waals surface area contributed by atoms with Gasteiger partial charge in [-0.3, -0.25) is 9.59 Å². The lowest BCUT2D eigenvalue weighted by molar-refractivity contribution is -0.140. The van der Waals surface area contributed by atoms with E-state index >= 15 is 0 Å². The Morgan fingerprint density at radius 1 is 1.10 bits per heavy atom. The van der Waals surface area contributed by atoms with E-state index in [1.807, 2.05) is 31.2 Å². The van der Waals surface area contributed by atoms with Crippen LogP contribution in [0.25, 0.3) is 0 Å². The lowest BCUT2D eigenvalue weighted by atomic mass is 10.1. The number of unbranched alkanes of at least 4 members (excludes halogenated alkanes) is 1. The van der Waals surface area contributed by atoms with Gasteiger partial charge in [0.15, 0.2) is 0 Å². The monoisotopic (exact) mass is 444 g/mol. The molecule has 2 aromatic carbocycles. The van der Waals surface area contributed by atoms with Crippen molar-refractivity contribution in [1.29, 1.82) is 0 Å². The van der Waals surface area contributed by atoms with Crippen LogP contribution < -0.4 is 10.1 Å². The molecule has 0 saturated carbocycles. The third-order valence-electron chi connectivity index (χ3n) is 5.22. The Morgan fingerprint density at radius 2 is 1.81 bits per heavy atom. The minimum atomic E-state index is -0.541. The first-order valence-corrected chi connectivity index (χ1v) is 11.3. The fourth-order valence-electron chi connectivity index (χ4n) is 3.18. The molecule has 0 aromatic heterocycles. The number of carbonyl (C=O) groups excluding carboxylic acids is 2. The van der Waals surface area contributed by atoms with E-state index in [1.54, 1.807) is 36.1 Å². The Morgan fingerprint density at radius 3 is 2.48 bits per heavy atom. The number of hydrogen-bond acceptors (Lipinski definition) is 3. The Kier molecular flexibility index (Phi) is 10.4. The van der Waals surface area contributed by atoms with Crippen molar-refractivity contribution >= 4 is 23.4 Å². The largest absolute Gasteiger partial charge is 0.494 e. The average Bonchev–Trinajstić information content (AvgIpc) is 2.77. The normalized spacial score (nSPS) is 11.6. The molecule has 1 atom stereocenters. The van der Waals surface area contributed by atoms with Gasteiger partial charge in [-0.05, 0) is 62.1 Å². The molecular weight excluding hydrogens is 412 g/mol. The molecule has 2 amide bonds. The number of rotatable bonds is 12. The van der Waals surface area contributed by atoms with Gasteiger partial charge in [0.2, 0.25) is 11.8 Å². The van der Waals surface area contributed by atoms with Crippen LogP contribution in [0.3, 0.4) is 0 Å². The van der Waals surface area contributed by atoms with Gasteiger partial charge in [-0.15, -0.1) is 0 Å². The summed E-state index contributed by atoms with van der Waals surface area (Å²) in [6.07, 6.45) is 2.81. The highest BCUT2D eigenvalue weighted by Gasteiger charge is 2.26. The van der Waals surface area contributed by atoms with Crippen molar-refractivity contribution in [2.24, 2.45) is 0 Å². The molecule has 6 heteroatoms. The fourth-order valence-corrected chi connectivity index (χ4v) is 3.30. The summed E-state index contributed by atoms with van der Waals surface area (Å²) >= 11 is 5.88. The Hall–Kier alpha value is -2.53. The minimum absolute atomic E-state index is 0.0545. The number of carbonyl (C=O) groups is 2. The first-order valence-electron chi connectivity index (χ1n) is 10.9. The van der Waals surface area contributed by atoms with Crippen LogP contribution in [0.2, 0.25) is 5.02 Å².